The number of benzene rings is 1. The topological polar surface area (TPSA) is 327 Å². The van der Waals surface area contributed by atoms with Gasteiger partial charge in [0.15, 0.2) is 28.9 Å². The fourth-order valence-electron chi connectivity index (χ4n) is 9.03. The normalized spacial score (nSPS) is 15.1. The maximum atomic E-state index is 13.6. The van der Waals surface area contributed by atoms with Crippen LogP contribution in [0, 0.1) is 11.8 Å². The van der Waals surface area contributed by atoms with E-state index in [1.54, 1.807) is 45.9 Å². The van der Waals surface area contributed by atoms with Crippen LogP contribution in [0.2, 0.25) is 0 Å². The van der Waals surface area contributed by atoms with E-state index in [9.17, 15) is 52.7 Å². The Bertz CT molecular complexity index is 2640. The number of anilines is 1. The fourth-order valence-corrected chi connectivity index (χ4v) is 11.2. The lowest BCUT2D eigenvalue weighted by Gasteiger charge is -2.23. The minimum absolute atomic E-state index is 0.00609. The van der Waals surface area contributed by atoms with Crippen LogP contribution in [0.4, 0.5) is 10.5 Å². The largest absolute Gasteiger partial charge is 0.444 e. The van der Waals surface area contributed by atoms with Gasteiger partial charge in [-0.25, -0.2) is 9.78 Å². The molecule has 2 aromatic rings. The van der Waals surface area contributed by atoms with Crippen molar-refractivity contribution in [3.63, 3.8) is 0 Å². The molecule has 2 heterocycles. The van der Waals surface area contributed by atoms with Crippen molar-refractivity contribution in [3.8, 4) is 0 Å². The molecule has 1 aromatic carbocycles. The number of amides is 6. The van der Waals surface area contributed by atoms with Gasteiger partial charge in [0, 0.05) is 62.3 Å². The molecular weight excluding hydrogens is 1130 g/mol. The third kappa shape index (κ3) is 29.3. The zero-order valence-electron chi connectivity index (χ0n) is 51.9. The number of nitrogens with one attached hydrogen (secondary N) is 6. The van der Waals surface area contributed by atoms with Crippen LogP contribution in [0.25, 0.3) is 10.2 Å². The summed E-state index contributed by atoms with van der Waals surface area (Å²) in [4.78, 5) is 158. The van der Waals surface area contributed by atoms with Gasteiger partial charge < -0.3 is 52.2 Å². The number of rotatable bonds is 41. The standard InChI is InChI=1S/C60H95N11O12S2/c1-37(2)32-46(65-54(79)27-24-49(75)43(19-14-17-31-71(10)11)69-59(82)83-60(5,6)7)50(76)25-28-53(78)64-42(18-13-16-30-70(8)9)48(74)23-26-52(77)62-35-41(73)33-38(3)55(80)66-45(20-12-15-29-61)56(81)63-40-21-22-44-51(34-40)85-58(67-44)57-68-47(36-84-57)39(4)72/h21-22,34,37-38,42-43,45-47H,12-20,23-33,35-36,61H2,1-11H3,(H,62,77)(H,63,81)(H,64,78)(H,65,79)(H,66,80)(H,69,82)/t38-,42+,43+,45?,46+,47?/m1/s1. The third-order valence-electron chi connectivity index (χ3n) is 13.7. The number of thiazole rings is 1. The summed E-state index contributed by atoms with van der Waals surface area (Å²) in [6.07, 6.45) is 2.69. The highest BCUT2D eigenvalue weighted by Gasteiger charge is 2.30. The van der Waals surface area contributed by atoms with Crippen molar-refractivity contribution in [2.45, 2.75) is 193 Å². The van der Waals surface area contributed by atoms with Crippen LogP contribution in [-0.2, 0) is 52.7 Å². The van der Waals surface area contributed by atoms with E-state index < -0.39 is 101 Å². The van der Waals surface area contributed by atoms with Gasteiger partial charge >= 0.3 is 6.09 Å². The molecule has 23 nitrogen and oxygen atoms in total. The summed E-state index contributed by atoms with van der Waals surface area (Å²) in [6, 6.07) is 1.17. The van der Waals surface area contributed by atoms with Crippen LogP contribution < -0.4 is 37.6 Å². The molecule has 0 spiro atoms. The van der Waals surface area contributed by atoms with E-state index in [2.05, 4.69) is 41.9 Å². The summed E-state index contributed by atoms with van der Waals surface area (Å²) in [6.45, 7) is 13.5. The molecule has 2 unspecified atom stereocenters. The molecule has 0 radical (unpaired) electrons. The number of nitrogens with zero attached hydrogens (tertiary/aromatic N) is 4. The van der Waals surface area contributed by atoms with Crippen molar-refractivity contribution >= 4 is 109 Å². The molecule has 0 saturated carbocycles. The highest BCUT2D eigenvalue weighted by Crippen LogP contribution is 2.31. The lowest BCUT2D eigenvalue weighted by molar-refractivity contribution is -0.132. The van der Waals surface area contributed by atoms with Gasteiger partial charge in [-0.15, -0.1) is 23.1 Å². The molecule has 0 saturated heterocycles. The smallest absolute Gasteiger partial charge is 0.408 e. The summed E-state index contributed by atoms with van der Waals surface area (Å²) >= 11 is 2.87. The fraction of sp³-hybridized carbons (Fsp3) is 0.683. The number of Topliss-reactive ketones (excluding diaryl/α,β-unsaturated/α-hetero) is 5. The summed E-state index contributed by atoms with van der Waals surface area (Å²) in [5, 5.41) is 17.8. The Morgan fingerprint density at radius 2 is 1.22 bits per heavy atom. The lowest BCUT2D eigenvalue weighted by atomic mass is 9.96. The van der Waals surface area contributed by atoms with E-state index in [1.807, 2.05) is 51.8 Å². The number of carbonyl (C=O) groups excluding carboxylic acids is 11. The Balaban J connectivity index is 1.53. The molecular formula is C60H95N11O12S2. The van der Waals surface area contributed by atoms with Gasteiger partial charge in [-0.1, -0.05) is 20.8 Å². The van der Waals surface area contributed by atoms with Gasteiger partial charge in [0.2, 0.25) is 29.5 Å². The Morgan fingerprint density at radius 3 is 1.76 bits per heavy atom. The quantitative estimate of drug-likeness (QED) is 0.0408. The zero-order valence-corrected chi connectivity index (χ0v) is 53.5. The molecule has 0 bridgehead atoms. The maximum absolute atomic E-state index is 13.6. The van der Waals surface area contributed by atoms with E-state index in [0.29, 0.717) is 65.7 Å². The number of carbonyl (C=O) groups is 11. The second-order valence-electron chi connectivity index (χ2n) is 23.9. The second-order valence-corrected chi connectivity index (χ2v) is 25.9. The number of fused-ring (bicyclic) bond motifs is 1. The Morgan fingerprint density at radius 1 is 0.682 bits per heavy atom. The lowest BCUT2D eigenvalue weighted by Crippen LogP contribution is -2.46. The molecule has 3 rings (SSSR count). The Labute approximate surface area is 509 Å². The van der Waals surface area contributed by atoms with Gasteiger partial charge in [0.1, 0.15) is 27.7 Å². The SMILES string of the molecule is CC(=O)C1CSC(c2nc3ccc(NC(=O)C(CCCCN)NC(=O)[C@H](C)CC(=O)CNC(=O)CCC(=O)[C@H](CCCCN(C)C)NC(=O)CCC(=O)[C@H](CC(C)C)NC(=O)CCC(=O)[C@H](CCCCN(C)C)NC(=O)OC(C)(C)C)cc3s2)=N1. The van der Waals surface area contributed by atoms with Gasteiger partial charge in [0.25, 0.3) is 0 Å². The molecule has 8 N–H and O–H groups in total. The van der Waals surface area contributed by atoms with Crippen LogP contribution in [0.5, 0.6) is 0 Å². The first-order valence-corrected chi connectivity index (χ1v) is 31.5. The first-order chi connectivity index (χ1) is 40.0. The number of nitrogens with two attached hydrogens (primary N) is 1. The zero-order chi connectivity index (χ0) is 63.4. The highest BCUT2D eigenvalue weighted by atomic mass is 32.2. The van der Waals surface area contributed by atoms with E-state index >= 15 is 0 Å². The van der Waals surface area contributed by atoms with E-state index in [1.165, 1.54) is 30.0 Å². The molecule has 25 heteroatoms. The minimum atomic E-state index is -0.958. The summed E-state index contributed by atoms with van der Waals surface area (Å²) in [5.74, 6) is -4.59. The number of alkyl carbamates (subject to hydrolysis) is 1. The molecule has 1 aromatic heterocycles. The number of thioether (sulfide) groups is 1. The number of ether oxygens (including phenoxy) is 1. The molecule has 85 heavy (non-hydrogen) atoms. The number of ketones is 5. The van der Waals surface area contributed by atoms with Crippen molar-refractivity contribution in [3.05, 3.63) is 23.2 Å². The minimum Gasteiger partial charge on any atom is -0.444 e. The molecule has 0 aliphatic carbocycles. The number of hydrogen-bond donors (Lipinski definition) is 7. The van der Waals surface area contributed by atoms with Crippen LogP contribution >= 0.6 is 23.1 Å². The predicted molar refractivity (Wildman–Crippen MR) is 332 cm³/mol. The van der Waals surface area contributed by atoms with Crippen LogP contribution in [0.15, 0.2) is 23.2 Å². The van der Waals surface area contributed by atoms with Crippen molar-refractivity contribution in [1.82, 2.24) is 41.4 Å². The average molecular weight is 1230 g/mol. The number of hydrogen-bond acceptors (Lipinski definition) is 19. The monoisotopic (exact) mass is 1230 g/mol. The van der Waals surface area contributed by atoms with Gasteiger partial charge in [-0.2, -0.15) is 0 Å². The first-order valence-electron chi connectivity index (χ1n) is 29.7. The molecule has 1 aliphatic rings. The highest BCUT2D eigenvalue weighted by molar-refractivity contribution is 8.15. The van der Waals surface area contributed by atoms with Gasteiger partial charge in [-0.05, 0) is 164 Å². The third-order valence-corrected chi connectivity index (χ3v) is 15.9. The van der Waals surface area contributed by atoms with Crippen LogP contribution in [0.3, 0.4) is 0 Å². The summed E-state index contributed by atoms with van der Waals surface area (Å²) < 4.78 is 6.17. The molecule has 6 amide bonds. The average Bonchev–Trinajstić information content (AvgIpc) is 2.69. The number of aliphatic imine (C=N–C) groups is 1. The Kier molecular flexibility index (Phi) is 32.3. The van der Waals surface area contributed by atoms with Crippen molar-refractivity contribution in [1.29, 1.82) is 0 Å². The predicted octanol–water partition coefficient (Wildman–Crippen LogP) is 5.43. The van der Waals surface area contributed by atoms with Gasteiger partial charge in [0.05, 0.1) is 34.9 Å². The van der Waals surface area contributed by atoms with E-state index in [0.717, 1.165) is 30.6 Å². The van der Waals surface area contributed by atoms with Crippen molar-refractivity contribution < 1.29 is 57.5 Å². The maximum Gasteiger partial charge on any atom is 0.408 e. The number of unbranched alkanes of at least 4 members (excludes halogenated alkanes) is 3. The molecule has 6 atom stereocenters. The van der Waals surface area contributed by atoms with E-state index in [-0.39, 0.29) is 81.7 Å². The van der Waals surface area contributed by atoms with Gasteiger partial charge in [-0.3, -0.25) is 52.9 Å². The molecule has 1 aliphatic heterocycles. The van der Waals surface area contributed by atoms with Crippen LogP contribution in [0.1, 0.15) is 163 Å². The van der Waals surface area contributed by atoms with Crippen molar-refractivity contribution in [2.75, 3.05) is 65.4 Å². The van der Waals surface area contributed by atoms with Crippen molar-refractivity contribution in [2.24, 2.45) is 22.6 Å². The number of aromatic nitrogens is 1. The van der Waals surface area contributed by atoms with E-state index in [4.69, 9.17) is 10.5 Å². The second kappa shape index (κ2) is 37.5. The van der Waals surface area contributed by atoms with Crippen LogP contribution in [-0.4, -0.2) is 180 Å². The molecule has 474 valence electrons. The Hall–Kier alpha value is -6.02. The summed E-state index contributed by atoms with van der Waals surface area (Å²) in [5.41, 5.74) is 6.14. The summed E-state index contributed by atoms with van der Waals surface area (Å²) in [7, 11) is 7.71. The first kappa shape index (κ1) is 73.2. The molecule has 0 fully saturated rings.